The smallest absolute Gasteiger partial charge is 0.332 e. The lowest BCUT2D eigenvalue weighted by molar-refractivity contribution is -0.138. The van der Waals surface area contributed by atoms with E-state index in [0.717, 1.165) is 50.9 Å². The molecule has 0 heterocycles. The number of ether oxygens (including phenoxy) is 1. The Balaban J connectivity index is 1.91. The van der Waals surface area contributed by atoms with Crippen molar-refractivity contribution in [2.24, 2.45) is 5.18 Å². The van der Waals surface area contributed by atoms with Crippen LogP contribution in [0.1, 0.15) is 44.9 Å². The van der Waals surface area contributed by atoms with Gasteiger partial charge in [0.1, 0.15) is 5.75 Å². The number of carbonyl (C=O) groups is 1. The maximum atomic E-state index is 10.6. The lowest BCUT2D eigenvalue weighted by Gasteiger charge is -2.06. The van der Waals surface area contributed by atoms with E-state index in [2.05, 4.69) is 5.18 Å². The van der Waals surface area contributed by atoms with Crippen molar-refractivity contribution >= 4 is 5.97 Å². The van der Waals surface area contributed by atoms with Crippen LogP contribution >= 0.6 is 0 Å². The Morgan fingerprint density at radius 3 is 2.29 bits per heavy atom. The van der Waals surface area contributed by atoms with Crippen LogP contribution in [0.5, 0.6) is 5.75 Å². The number of carboxylic acids is 1. The number of nitroso groups, excluding NO2 is 1. The first-order chi connectivity index (χ1) is 10.2. The molecule has 1 aromatic rings. The van der Waals surface area contributed by atoms with Crippen molar-refractivity contribution in [2.75, 3.05) is 6.61 Å². The van der Waals surface area contributed by atoms with Crippen LogP contribution in [-0.4, -0.2) is 23.7 Å². The van der Waals surface area contributed by atoms with E-state index in [1.165, 1.54) is 0 Å². The van der Waals surface area contributed by atoms with Crippen molar-refractivity contribution < 1.29 is 14.6 Å². The molecule has 0 amide bonds. The quantitative estimate of drug-likeness (QED) is 0.466. The molecule has 1 atom stereocenters. The average molecular weight is 293 g/mol. The van der Waals surface area contributed by atoms with Gasteiger partial charge in [0.05, 0.1) is 6.61 Å². The molecule has 0 bridgehead atoms. The van der Waals surface area contributed by atoms with Crippen LogP contribution in [0.4, 0.5) is 0 Å². The Morgan fingerprint density at radius 1 is 1.05 bits per heavy atom. The molecule has 0 saturated heterocycles. The van der Waals surface area contributed by atoms with Crippen LogP contribution in [0, 0.1) is 4.91 Å². The molecule has 1 unspecified atom stereocenters. The van der Waals surface area contributed by atoms with Gasteiger partial charge in [0.25, 0.3) is 0 Å². The fourth-order valence-corrected chi connectivity index (χ4v) is 2.07. The third-order valence-electron chi connectivity index (χ3n) is 3.30. The first-order valence-electron chi connectivity index (χ1n) is 7.47. The van der Waals surface area contributed by atoms with Crippen LogP contribution in [0.2, 0.25) is 0 Å². The Bertz CT molecular complexity index is 408. The molecule has 0 aliphatic rings. The molecule has 0 spiro atoms. The van der Waals surface area contributed by atoms with Crippen molar-refractivity contribution in [1.82, 2.24) is 0 Å². The summed E-state index contributed by atoms with van der Waals surface area (Å²) >= 11 is 0. The van der Waals surface area contributed by atoms with Gasteiger partial charge >= 0.3 is 5.97 Å². The van der Waals surface area contributed by atoms with E-state index < -0.39 is 12.0 Å². The Labute approximate surface area is 125 Å². The zero-order valence-corrected chi connectivity index (χ0v) is 12.2. The van der Waals surface area contributed by atoms with Crippen LogP contribution in [-0.2, 0) is 4.79 Å². The number of carboxylic acid groups (broad SMARTS) is 1. The lowest BCUT2D eigenvalue weighted by Crippen LogP contribution is -2.16. The van der Waals surface area contributed by atoms with Gasteiger partial charge in [-0.3, -0.25) is 0 Å². The maximum Gasteiger partial charge on any atom is 0.332 e. The number of nitrogens with zero attached hydrogens (tertiary/aromatic N) is 1. The highest BCUT2D eigenvalue weighted by atomic mass is 16.5. The molecule has 1 aromatic carbocycles. The minimum atomic E-state index is -1.12. The normalized spacial score (nSPS) is 11.8. The second kappa shape index (κ2) is 10.8. The molecule has 1 N–H and O–H groups in total. The van der Waals surface area contributed by atoms with Crippen LogP contribution < -0.4 is 4.74 Å². The summed E-state index contributed by atoms with van der Waals surface area (Å²) in [5.41, 5.74) is 0. The highest BCUT2D eigenvalue weighted by molar-refractivity contribution is 5.73. The average Bonchev–Trinajstić information content (AvgIpc) is 2.50. The summed E-state index contributed by atoms with van der Waals surface area (Å²) in [7, 11) is 0. The molecule has 0 aromatic heterocycles. The lowest BCUT2D eigenvalue weighted by atomic mass is 10.1. The number of aliphatic carboxylic acids is 1. The highest BCUT2D eigenvalue weighted by Crippen LogP contribution is 2.12. The molecular formula is C16H23NO4. The summed E-state index contributed by atoms with van der Waals surface area (Å²) in [6, 6.07) is 8.67. The van der Waals surface area contributed by atoms with E-state index in [0.29, 0.717) is 6.42 Å². The van der Waals surface area contributed by atoms with Crippen LogP contribution in [0.15, 0.2) is 35.5 Å². The second-order valence-electron chi connectivity index (χ2n) is 5.03. The molecule has 0 saturated carbocycles. The van der Waals surface area contributed by atoms with Gasteiger partial charge < -0.3 is 9.84 Å². The highest BCUT2D eigenvalue weighted by Gasteiger charge is 2.16. The molecule has 5 heteroatoms. The van der Waals surface area contributed by atoms with Crippen molar-refractivity contribution in [3.63, 3.8) is 0 Å². The minimum Gasteiger partial charge on any atom is -0.494 e. The monoisotopic (exact) mass is 293 g/mol. The van der Waals surface area contributed by atoms with Crippen LogP contribution in [0.25, 0.3) is 0 Å². The third-order valence-corrected chi connectivity index (χ3v) is 3.30. The van der Waals surface area contributed by atoms with Gasteiger partial charge in [0.15, 0.2) is 6.04 Å². The zero-order chi connectivity index (χ0) is 15.3. The third kappa shape index (κ3) is 8.07. The predicted octanol–water partition coefficient (Wildman–Crippen LogP) is 4.02. The van der Waals surface area contributed by atoms with Gasteiger partial charge in [-0.05, 0) is 25.0 Å². The largest absolute Gasteiger partial charge is 0.494 e. The van der Waals surface area contributed by atoms with Gasteiger partial charge in [-0.25, -0.2) is 4.79 Å². The summed E-state index contributed by atoms with van der Waals surface area (Å²) < 4.78 is 5.59. The number of unbranched alkanes of at least 4 members (excludes halogenated alkanes) is 5. The fraction of sp³-hybridized carbons (Fsp3) is 0.562. The molecule has 21 heavy (non-hydrogen) atoms. The Kier molecular flexibility index (Phi) is 8.84. The molecule has 0 aliphatic carbocycles. The van der Waals surface area contributed by atoms with Gasteiger partial charge in [-0.1, -0.05) is 55.5 Å². The van der Waals surface area contributed by atoms with E-state index in [9.17, 15) is 9.70 Å². The summed E-state index contributed by atoms with van der Waals surface area (Å²) in [6.07, 6.45) is 6.29. The molecular weight excluding hydrogens is 270 g/mol. The van der Waals surface area contributed by atoms with E-state index in [1.807, 2.05) is 30.3 Å². The number of hydrogen-bond acceptors (Lipinski definition) is 4. The van der Waals surface area contributed by atoms with Crippen molar-refractivity contribution in [2.45, 2.75) is 51.0 Å². The van der Waals surface area contributed by atoms with Crippen molar-refractivity contribution in [3.05, 3.63) is 35.2 Å². The van der Waals surface area contributed by atoms with Gasteiger partial charge in [-0.15, -0.1) is 4.91 Å². The molecule has 116 valence electrons. The summed E-state index contributed by atoms with van der Waals surface area (Å²) in [6.45, 7) is 0.722. The number of benzene rings is 1. The Hall–Kier alpha value is -1.91. The number of rotatable bonds is 12. The van der Waals surface area contributed by atoms with E-state index in [-0.39, 0.29) is 0 Å². The minimum absolute atomic E-state index is 0.343. The Morgan fingerprint density at radius 2 is 1.67 bits per heavy atom. The second-order valence-corrected chi connectivity index (χ2v) is 5.03. The van der Waals surface area contributed by atoms with Crippen molar-refractivity contribution in [3.8, 4) is 5.75 Å². The first kappa shape index (κ1) is 17.1. The number of hydrogen-bond donors (Lipinski definition) is 1. The summed E-state index contributed by atoms with van der Waals surface area (Å²) in [5.74, 6) is -0.221. The maximum absolute atomic E-state index is 10.6. The van der Waals surface area contributed by atoms with Gasteiger partial charge in [-0.2, -0.15) is 0 Å². The van der Waals surface area contributed by atoms with E-state index >= 15 is 0 Å². The molecule has 5 nitrogen and oxygen atoms in total. The van der Waals surface area contributed by atoms with Gasteiger partial charge in [0.2, 0.25) is 0 Å². The first-order valence-corrected chi connectivity index (χ1v) is 7.47. The van der Waals surface area contributed by atoms with Crippen molar-refractivity contribution in [1.29, 1.82) is 0 Å². The summed E-state index contributed by atoms with van der Waals surface area (Å²) in [4.78, 5) is 20.8. The van der Waals surface area contributed by atoms with Crippen LogP contribution in [0.3, 0.4) is 0 Å². The molecule has 1 rings (SSSR count). The predicted molar refractivity (Wildman–Crippen MR) is 81.5 cm³/mol. The zero-order valence-electron chi connectivity index (χ0n) is 12.2. The number of para-hydroxylation sites is 1. The SMILES string of the molecule is O=NC(CCCCCCCCOc1ccccc1)C(=O)O. The standard InChI is InChI=1S/C16H23NO4/c18-16(19)15(17-20)12-8-3-1-2-4-9-13-21-14-10-6-5-7-11-14/h5-7,10-11,15H,1-4,8-9,12-13H2,(H,18,19). The van der Waals surface area contributed by atoms with E-state index in [1.54, 1.807) is 0 Å². The van der Waals surface area contributed by atoms with Gasteiger partial charge in [0, 0.05) is 0 Å². The van der Waals surface area contributed by atoms with E-state index in [4.69, 9.17) is 9.84 Å². The molecule has 0 radical (unpaired) electrons. The summed E-state index contributed by atoms with van der Waals surface area (Å²) in [5, 5.41) is 11.3. The topological polar surface area (TPSA) is 76.0 Å². The molecule has 0 fully saturated rings. The fourth-order valence-electron chi connectivity index (χ4n) is 2.07. The molecule has 0 aliphatic heterocycles.